The Bertz CT molecular complexity index is 557. The molecule has 2 N–H and O–H groups in total. The van der Waals surface area contributed by atoms with Crippen LogP contribution < -0.4 is 5.73 Å². The molecule has 7 heteroatoms. The molecule has 2 aromatic rings. The smallest absolute Gasteiger partial charge is 0.260 e. The summed E-state index contributed by atoms with van der Waals surface area (Å²) in [5.74, 6) is 1.00. The van der Waals surface area contributed by atoms with Crippen LogP contribution in [0, 0.1) is 0 Å². The summed E-state index contributed by atoms with van der Waals surface area (Å²) in [6.45, 7) is 0.552. The van der Waals surface area contributed by atoms with Gasteiger partial charge in [0.2, 0.25) is 0 Å². The van der Waals surface area contributed by atoms with Gasteiger partial charge < -0.3 is 15.0 Å². The minimum Gasteiger partial charge on any atom is -0.397 e. The van der Waals surface area contributed by atoms with Crippen LogP contribution in [0.2, 0.25) is 0 Å². The number of nitrogens with zero attached hydrogens (tertiary/aromatic N) is 2. The van der Waals surface area contributed by atoms with Gasteiger partial charge in [0.1, 0.15) is 0 Å². The van der Waals surface area contributed by atoms with Gasteiger partial charge >= 0.3 is 0 Å². The second-order valence-corrected chi connectivity index (χ2v) is 5.38. The molecule has 1 heterocycles. The van der Waals surface area contributed by atoms with E-state index in [0.29, 0.717) is 36.0 Å². The Balaban J connectivity index is 2.34. The zero-order valence-electron chi connectivity index (χ0n) is 9.61. The van der Waals surface area contributed by atoms with Crippen LogP contribution in [-0.4, -0.2) is 23.9 Å². The summed E-state index contributed by atoms with van der Waals surface area (Å²) >= 11 is 6.78. The summed E-state index contributed by atoms with van der Waals surface area (Å²) in [4.78, 5) is 4.28. The number of nitrogens with two attached hydrogens (primary N) is 1. The maximum absolute atomic E-state index is 5.97. The third-order valence-corrected chi connectivity index (χ3v) is 3.44. The molecule has 18 heavy (non-hydrogen) atoms. The van der Waals surface area contributed by atoms with Crippen molar-refractivity contribution in [3.63, 3.8) is 0 Å². The summed E-state index contributed by atoms with van der Waals surface area (Å²) in [7, 11) is 1.63. The van der Waals surface area contributed by atoms with Crippen molar-refractivity contribution in [2.45, 2.75) is 6.42 Å². The maximum atomic E-state index is 5.97. The van der Waals surface area contributed by atoms with E-state index in [9.17, 15) is 0 Å². The molecule has 0 aliphatic rings. The molecule has 0 saturated carbocycles. The lowest BCUT2D eigenvalue weighted by atomic mass is 10.2. The van der Waals surface area contributed by atoms with E-state index in [-0.39, 0.29) is 0 Å². The fourth-order valence-electron chi connectivity index (χ4n) is 1.42. The van der Waals surface area contributed by atoms with Crippen LogP contribution in [0.4, 0.5) is 5.69 Å². The number of methoxy groups -OCH3 is 1. The van der Waals surface area contributed by atoms with Gasteiger partial charge in [-0.15, -0.1) is 0 Å². The molecule has 1 aromatic heterocycles. The van der Waals surface area contributed by atoms with Gasteiger partial charge in [-0.1, -0.05) is 21.1 Å². The van der Waals surface area contributed by atoms with Crippen LogP contribution in [0.5, 0.6) is 0 Å². The van der Waals surface area contributed by atoms with Crippen LogP contribution in [-0.2, 0) is 11.2 Å². The van der Waals surface area contributed by atoms with Gasteiger partial charge in [0, 0.05) is 22.5 Å². The average Bonchev–Trinajstić information content (AvgIpc) is 2.79. The molecule has 2 rings (SSSR count). The molecule has 0 aliphatic heterocycles. The van der Waals surface area contributed by atoms with Crippen molar-refractivity contribution >= 4 is 37.5 Å². The van der Waals surface area contributed by atoms with E-state index in [4.69, 9.17) is 15.0 Å². The van der Waals surface area contributed by atoms with Gasteiger partial charge in [0.25, 0.3) is 5.89 Å². The summed E-state index contributed by atoms with van der Waals surface area (Å²) in [6.07, 6.45) is 0.606. The number of benzene rings is 1. The quantitative estimate of drug-likeness (QED) is 0.830. The highest BCUT2D eigenvalue weighted by Gasteiger charge is 2.14. The third-order valence-electron chi connectivity index (χ3n) is 2.32. The van der Waals surface area contributed by atoms with Crippen LogP contribution in [0.25, 0.3) is 11.5 Å². The molecule has 0 unspecified atom stereocenters. The van der Waals surface area contributed by atoms with Crippen molar-refractivity contribution in [3.8, 4) is 11.5 Å². The molecular formula is C11H11Br2N3O2. The predicted molar refractivity (Wildman–Crippen MR) is 75.1 cm³/mol. The number of hydrogen-bond donors (Lipinski definition) is 1. The molecule has 0 fully saturated rings. The molecule has 0 aliphatic carbocycles. The predicted octanol–water partition coefficient (Wildman–Crippen LogP) is 3.03. The van der Waals surface area contributed by atoms with Crippen molar-refractivity contribution < 1.29 is 9.26 Å². The minimum atomic E-state index is 0.403. The number of rotatable bonds is 4. The molecule has 0 atom stereocenters. The highest BCUT2D eigenvalue weighted by Crippen LogP contribution is 2.34. The Hall–Kier alpha value is -0.920. The molecule has 5 nitrogen and oxygen atoms in total. The number of hydrogen-bond acceptors (Lipinski definition) is 5. The molecule has 1 aromatic carbocycles. The maximum Gasteiger partial charge on any atom is 0.260 e. The second-order valence-electron chi connectivity index (χ2n) is 3.61. The van der Waals surface area contributed by atoms with Gasteiger partial charge in [-0.05, 0) is 28.1 Å². The molecule has 0 bridgehead atoms. The van der Waals surface area contributed by atoms with Crippen molar-refractivity contribution in [3.05, 3.63) is 26.9 Å². The summed E-state index contributed by atoms with van der Waals surface area (Å²) < 4.78 is 11.8. The fourth-order valence-corrected chi connectivity index (χ4v) is 2.65. The summed E-state index contributed by atoms with van der Waals surface area (Å²) in [6, 6.07) is 3.70. The molecule has 0 radical (unpaired) electrons. The number of aromatic nitrogens is 2. The van der Waals surface area contributed by atoms with Crippen molar-refractivity contribution in [2.75, 3.05) is 19.5 Å². The van der Waals surface area contributed by atoms with Gasteiger partial charge in [0.15, 0.2) is 5.82 Å². The summed E-state index contributed by atoms with van der Waals surface area (Å²) in [5.41, 5.74) is 7.24. The van der Waals surface area contributed by atoms with Gasteiger partial charge in [-0.25, -0.2) is 0 Å². The van der Waals surface area contributed by atoms with E-state index in [1.807, 2.05) is 12.1 Å². The number of nitrogen functional groups attached to an aromatic ring is 1. The first-order valence-electron chi connectivity index (χ1n) is 5.18. The Morgan fingerprint density at radius 1 is 1.39 bits per heavy atom. The Labute approximate surface area is 121 Å². The Morgan fingerprint density at radius 2 is 2.17 bits per heavy atom. The van der Waals surface area contributed by atoms with E-state index in [1.54, 1.807) is 7.11 Å². The molecule has 0 spiro atoms. The van der Waals surface area contributed by atoms with E-state index in [2.05, 4.69) is 42.0 Å². The normalized spacial score (nSPS) is 10.8. The highest BCUT2D eigenvalue weighted by atomic mass is 79.9. The molecule has 0 saturated heterocycles. The van der Waals surface area contributed by atoms with Crippen molar-refractivity contribution in [2.24, 2.45) is 0 Å². The van der Waals surface area contributed by atoms with Crippen LogP contribution in [0.3, 0.4) is 0 Å². The first-order valence-corrected chi connectivity index (χ1v) is 6.77. The lowest BCUT2D eigenvalue weighted by Crippen LogP contribution is -1.96. The number of anilines is 1. The van der Waals surface area contributed by atoms with E-state index in [0.717, 1.165) is 8.95 Å². The Kier molecular flexibility index (Phi) is 4.36. The third kappa shape index (κ3) is 2.90. The zero-order chi connectivity index (χ0) is 13.1. The lowest BCUT2D eigenvalue weighted by molar-refractivity contribution is 0.199. The first-order chi connectivity index (χ1) is 8.61. The van der Waals surface area contributed by atoms with Gasteiger partial charge in [-0.2, -0.15) is 4.98 Å². The van der Waals surface area contributed by atoms with E-state index >= 15 is 0 Å². The summed E-state index contributed by atoms with van der Waals surface area (Å²) in [5, 5.41) is 3.88. The van der Waals surface area contributed by atoms with Crippen molar-refractivity contribution in [1.29, 1.82) is 0 Å². The zero-order valence-corrected chi connectivity index (χ0v) is 12.8. The fraction of sp³-hybridized carbons (Fsp3) is 0.273. The van der Waals surface area contributed by atoms with Crippen LogP contribution in [0.1, 0.15) is 5.82 Å². The van der Waals surface area contributed by atoms with Crippen LogP contribution >= 0.6 is 31.9 Å². The largest absolute Gasteiger partial charge is 0.397 e. The molecule has 0 amide bonds. The minimum absolute atomic E-state index is 0.403. The van der Waals surface area contributed by atoms with Gasteiger partial charge in [-0.3, -0.25) is 0 Å². The van der Waals surface area contributed by atoms with Crippen LogP contribution in [0.15, 0.2) is 25.6 Å². The number of halogens is 2. The lowest BCUT2D eigenvalue weighted by Gasteiger charge is -2.04. The first kappa shape index (κ1) is 13.5. The topological polar surface area (TPSA) is 74.2 Å². The van der Waals surface area contributed by atoms with E-state index < -0.39 is 0 Å². The highest BCUT2D eigenvalue weighted by molar-refractivity contribution is 9.11. The second kappa shape index (κ2) is 5.81. The SMILES string of the molecule is COCCc1noc(-c2cc(Br)cc(Br)c2N)n1. The average molecular weight is 377 g/mol. The Morgan fingerprint density at radius 3 is 2.89 bits per heavy atom. The number of ether oxygens (including phenoxy) is 1. The molecule has 96 valence electrons. The van der Waals surface area contributed by atoms with Gasteiger partial charge in [0.05, 0.1) is 17.9 Å². The molecular weight excluding hydrogens is 366 g/mol. The standard InChI is InChI=1S/C11H11Br2N3O2/c1-17-3-2-9-15-11(18-16-9)7-4-6(12)5-8(13)10(7)14/h4-5H,2-3,14H2,1H3. The van der Waals surface area contributed by atoms with Crippen molar-refractivity contribution in [1.82, 2.24) is 10.1 Å². The monoisotopic (exact) mass is 375 g/mol. The van der Waals surface area contributed by atoms with E-state index in [1.165, 1.54) is 0 Å².